The zero-order chi connectivity index (χ0) is 14.5. The second-order valence-corrected chi connectivity index (χ2v) is 5.49. The van der Waals surface area contributed by atoms with E-state index in [4.69, 9.17) is 4.74 Å². The summed E-state index contributed by atoms with van der Waals surface area (Å²) in [5, 5.41) is 3.39. The Morgan fingerprint density at radius 1 is 1.05 bits per heavy atom. The van der Waals surface area contributed by atoms with Crippen molar-refractivity contribution in [2.45, 2.75) is 18.9 Å². The molecule has 2 aromatic rings. The zero-order valence-electron chi connectivity index (χ0n) is 12.5. The first-order valence-electron chi connectivity index (χ1n) is 7.60. The van der Waals surface area contributed by atoms with E-state index in [1.165, 1.54) is 18.5 Å². The van der Waals surface area contributed by atoms with Gasteiger partial charge in [-0.05, 0) is 44.2 Å². The molecule has 0 bridgehead atoms. The summed E-state index contributed by atoms with van der Waals surface area (Å²) in [6, 6.07) is 18.9. The zero-order valence-corrected chi connectivity index (χ0v) is 12.5. The molecule has 0 aliphatic carbocycles. The number of benzene rings is 2. The summed E-state index contributed by atoms with van der Waals surface area (Å²) in [4.78, 5) is 2.43. The molecule has 1 heterocycles. The molecular formula is C18H22N2O. The summed E-state index contributed by atoms with van der Waals surface area (Å²) in [6.45, 7) is 2.18. The molecule has 0 aromatic heterocycles. The molecule has 0 saturated carbocycles. The van der Waals surface area contributed by atoms with E-state index in [0.29, 0.717) is 6.04 Å². The van der Waals surface area contributed by atoms with Crippen molar-refractivity contribution in [3.8, 4) is 11.5 Å². The second kappa shape index (κ2) is 6.64. The highest BCUT2D eigenvalue weighted by Crippen LogP contribution is 2.27. The van der Waals surface area contributed by atoms with E-state index in [9.17, 15) is 0 Å². The third-order valence-corrected chi connectivity index (χ3v) is 3.99. The van der Waals surface area contributed by atoms with Gasteiger partial charge in [0.15, 0.2) is 0 Å². The molecule has 3 rings (SSSR count). The maximum Gasteiger partial charge on any atom is 0.129 e. The number of hydrogen-bond donors (Lipinski definition) is 1. The molecule has 1 saturated heterocycles. The van der Waals surface area contributed by atoms with Crippen molar-refractivity contribution in [1.82, 2.24) is 5.32 Å². The van der Waals surface area contributed by atoms with Crippen molar-refractivity contribution >= 4 is 5.69 Å². The van der Waals surface area contributed by atoms with Crippen LogP contribution in [-0.4, -0.2) is 26.2 Å². The van der Waals surface area contributed by atoms with Crippen LogP contribution in [0.3, 0.4) is 0 Å². The van der Waals surface area contributed by atoms with Crippen LogP contribution in [0.4, 0.5) is 5.69 Å². The van der Waals surface area contributed by atoms with Crippen LogP contribution in [0.15, 0.2) is 54.6 Å². The number of ether oxygens (including phenoxy) is 1. The second-order valence-electron chi connectivity index (χ2n) is 5.49. The lowest BCUT2D eigenvalue weighted by Gasteiger charge is -2.34. The summed E-state index contributed by atoms with van der Waals surface area (Å²) in [5.41, 5.74) is 1.24. The van der Waals surface area contributed by atoms with Crippen molar-refractivity contribution in [1.29, 1.82) is 0 Å². The Hall–Kier alpha value is -2.00. The van der Waals surface area contributed by atoms with Gasteiger partial charge in [-0.25, -0.2) is 0 Å². The lowest BCUT2D eigenvalue weighted by Crippen LogP contribution is -2.44. The Balaban J connectivity index is 1.74. The number of hydrogen-bond acceptors (Lipinski definition) is 3. The average Bonchev–Trinajstić information content (AvgIpc) is 2.56. The fraction of sp³-hybridized carbons (Fsp3) is 0.333. The number of likely N-dealkylation sites (N-methyl/N-ethyl adjacent to an activating group) is 1. The molecule has 1 aliphatic rings. The molecule has 1 unspecified atom stereocenters. The van der Waals surface area contributed by atoms with Gasteiger partial charge in [0, 0.05) is 30.9 Å². The molecule has 0 amide bonds. The Bertz CT molecular complexity index is 570. The molecule has 1 aliphatic heterocycles. The number of para-hydroxylation sites is 1. The third-order valence-electron chi connectivity index (χ3n) is 3.99. The first-order valence-corrected chi connectivity index (χ1v) is 7.60. The number of nitrogens with zero attached hydrogens (tertiary/aromatic N) is 1. The molecule has 1 N–H and O–H groups in total. The predicted molar refractivity (Wildman–Crippen MR) is 87.3 cm³/mol. The van der Waals surface area contributed by atoms with E-state index in [1.807, 2.05) is 43.4 Å². The van der Waals surface area contributed by atoms with E-state index < -0.39 is 0 Å². The molecule has 2 aromatic carbocycles. The first kappa shape index (κ1) is 14.0. The van der Waals surface area contributed by atoms with Crippen molar-refractivity contribution in [2.75, 3.05) is 25.0 Å². The largest absolute Gasteiger partial charge is 0.457 e. The third kappa shape index (κ3) is 3.56. The number of rotatable bonds is 4. The van der Waals surface area contributed by atoms with Crippen LogP contribution >= 0.6 is 0 Å². The minimum atomic E-state index is 0.581. The van der Waals surface area contributed by atoms with Crippen LogP contribution in [0, 0.1) is 0 Å². The molecule has 110 valence electrons. The Morgan fingerprint density at radius 3 is 2.67 bits per heavy atom. The minimum absolute atomic E-state index is 0.581. The van der Waals surface area contributed by atoms with Crippen molar-refractivity contribution in [3.63, 3.8) is 0 Å². The van der Waals surface area contributed by atoms with E-state index in [1.54, 1.807) is 0 Å². The van der Waals surface area contributed by atoms with E-state index in [-0.39, 0.29) is 0 Å². The Labute approximate surface area is 126 Å². The molecule has 1 atom stereocenters. The average molecular weight is 282 g/mol. The van der Waals surface area contributed by atoms with Crippen LogP contribution in [0.5, 0.6) is 11.5 Å². The quantitative estimate of drug-likeness (QED) is 0.926. The summed E-state index contributed by atoms with van der Waals surface area (Å²) >= 11 is 0. The van der Waals surface area contributed by atoms with Crippen LogP contribution in [-0.2, 0) is 0 Å². The number of piperidine rings is 1. The van der Waals surface area contributed by atoms with Crippen molar-refractivity contribution in [2.24, 2.45) is 0 Å². The number of nitrogens with one attached hydrogen (secondary N) is 1. The van der Waals surface area contributed by atoms with Gasteiger partial charge in [-0.15, -0.1) is 0 Å². The van der Waals surface area contributed by atoms with Gasteiger partial charge >= 0.3 is 0 Å². The Kier molecular flexibility index (Phi) is 4.41. The molecular weight excluding hydrogens is 260 g/mol. The van der Waals surface area contributed by atoms with Crippen LogP contribution < -0.4 is 15.0 Å². The van der Waals surface area contributed by atoms with Crippen LogP contribution in [0.25, 0.3) is 0 Å². The highest BCUT2D eigenvalue weighted by molar-refractivity contribution is 5.52. The summed E-state index contributed by atoms with van der Waals surface area (Å²) in [6.07, 6.45) is 2.49. The fourth-order valence-electron chi connectivity index (χ4n) is 2.82. The maximum atomic E-state index is 5.92. The van der Waals surface area contributed by atoms with Gasteiger partial charge in [-0.1, -0.05) is 24.3 Å². The van der Waals surface area contributed by atoms with Gasteiger partial charge in [-0.2, -0.15) is 0 Å². The first-order chi connectivity index (χ1) is 10.3. The summed E-state index contributed by atoms with van der Waals surface area (Å²) in [7, 11) is 2.04. The molecule has 21 heavy (non-hydrogen) atoms. The van der Waals surface area contributed by atoms with Gasteiger partial charge < -0.3 is 15.0 Å². The van der Waals surface area contributed by atoms with Gasteiger partial charge in [0.2, 0.25) is 0 Å². The topological polar surface area (TPSA) is 24.5 Å². The van der Waals surface area contributed by atoms with E-state index >= 15 is 0 Å². The van der Waals surface area contributed by atoms with Gasteiger partial charge in [0.1, 0.15) is 11.5 Å². The molecule has 0 spiro atoms. The highest BCUT2D eigenvalue weighted by atomic mass is 16.5. The van der Waals surface area contributed by atoms with Crippen molar-refractivity contribution in [3.05, 3.63) is 54.6 Å². The van der Waals surface area contributed by atoms with Crippen LogP contribution in [0.1, 0.15) is 12.8 Å². The maximum absolute atomic E-state index is 5.92. The summed E-state index contributed by atoms with van der Waals surface area (Å²) < 4.78 is 5.92. The summed E-state index contributed by atoms with van der Waals surface area (Å²) in [5.74, 6) is 1.77. The SMILES string of the molecule is CNC1CCCN(c2cccc(Oc3ccccc3)c2)C1. The number of anilines is 1. The molecule has 0 radical (unpaired) electrons. The van der Waals surface area contributed by atoms with Crippen LogP contribution in [0.2, 0.25) is 0 Å². The van der Waals surface area contributed by atoms with Gasteiger partial charge in [0.25, 0.3) is 0 Å². The fourth-order valence-corrected chi connectivity index (χ4v) is 2.82. The molecule has 1 fully saturated rings. The van der Waals surface area contributed by atoms with Crippen molar-refractivity contribution < 1.29 is 4.74 Å². The minimum Gasteiger partial charge on any atom is -0.457 e. The lowest BCUT2D eigenvalue weighted by atomic mass is 10.1. The molecule has 3 heteroatoms. The van der Waals surface area contributed by atoms with Gasteiger partial charge in [-0.3, -0.25) is 0 Å². The lowest BCUT2D eigenvalue weighted by molar-refractivity contribution is 0.448. The predicted octanol–water partition coefficient (Wildman–Crippen LogP) is 3.67. The van der Waals surface area contributed by atoms with Gasteiger partial charge in [0.05, 0.1) is 0 Å². The van der Waals surface area contributed by atoms with E-state index in [0.717, 1.165) is 24.6 Å². The highest BCUT2D eigenvalue weighted by Gasteiger charge is 2.18. The monoisotopic (exact) mass is 282 g/mol. The smallest absolute Gasteiger partial charge is 0.129 e. The van der Waals surface area contributed by atoms with E-state index in [2.05, 4.69) is 28.4 Å². The standard InChI is InChI=1S/C18H22N2O/c1-19-15-7-6-12-20(14-15)16-8-5-11-18(13-16)21-17-9-3-2-4-10-17/h2-5,8-11,13,15,19H,6-7,12,14H2,1H3. The normalized spacial score (nSPS) is 18.5. The Morgan fingerprint density at radius 2 is 1.86 bits per heavy atom. The molecule has 3 nitrogen and oxygen atoms in total.